The second-order valence-corrected chi connectivity index (χ2v) is 5.73. The number of nitrogen functional groups attached to an aromatic ring is 1. The molecule has 0 saturated heterocycles. The maximum Gasteiger partial charge on any atom is 0.330 e. The smallest absolute Gasteiger partial charge is 0.330 e. The molecule has 1 atom stereocenters. The lowest BCUT2D eigenvalue weighted by atomic mass is 10.2. The van der Waals surface area contributed by atoms with Crippen LogP contribution in [0, 0.1) is 0 Å². The lowest BCUT2D eigenvalue weighted by molar-refractivity contribution is -0.120. The lowest BCUT2D eigenvalue weighted by Crippen LogP contribution is -2.43. The highest BCUT2D eigenvalue weighted by molar-refractivity contribution is 5.82. The molecule has 1 aromatic heterocycles. The Labute approximate surface area is 135 Å². The fourth-order valence-corrected chi connectivity index (χ4v) is 2.20. The zero-order valence-corrected chi connectivity index (χ0v) is 14.3. The second-order valence-electron chi connectivity index (χ2n) is 5.73. The molecule has 0 aliphatic carbocycles. The number of hydrogen-bond donors (Lipinski definition) is 3. The third-order valence-electron chi connectivity index (χ3n) is 3.73. The molecule has 1 heterocycles. The first kappa shape index (κ1) is 18.8. The Morgan fingerprint density at radius 3 is 2.61 bits per heavy atom. The van der Waals surface area contributed by atoms with Crippen molar-refractivity contribution in [1.82, 2.24) is 14.9 Å². The maximum atomic E-state index is 12.1. The van der Waals surface area contributed by atoms with Crippen LogP contribution < -0.4 is 27.2 Å². The van der Waals surface area contributed by atoms with Crippen molar-refractivity contribution in [2.75, 3.05) is 24.2 Å². The van der Waals surface area contributed by atoms with Crippen LogP contribution in [0.1, 0.15) is 40.0 Å². The van der Waals surface area contributed by atoms with Gasteiger partial charge in [-0.05, 0) is 19.8 Å². The predicted molar refractivity (Wildman–Crippen MR) is 91.8 cm³/mol. The SMILES string of the molecule is CCCCn1c(N)c(N(C)CC(=O)NC(C)CC)c(=O)[nH]c1=O. The zero-order chi connectivity index (χ0) is 17.6. The molecule has 23 heavy (non-hydrogen) atoms. The molecule has 1 amide bonds. The van der Waals surface area contributed by atoms with E-state index in [9.17, 15) is 14.4 Å². The van der Waals surface area contributed by atoms with Gasteiger partial charge in [-0.15, -0.1) is 0 Å². The van der Waals surface area contributed by atoms with Gasteiger partial charge in [0.1, 0.15) is 11.5 Å². The van der Waals surface area contributed by atoms with E-state index in [0.29, 0.717) is 6.54 Å². The monoisotopic (exact) mass is 325 g/mol. The normalized spacial score (nSPS) is 12.0. The van der Waals surface area contributed by atoms with Crippen LogP contribution in [0.25, 0.3) is 0 Å². The maximum absolute atomic E-state index is 12.1. The quantitative estimate of drug-likeness (QED) is 0.635. The van der Waals surface area contributed by atoms with E-state index in [1.165, 1.54) is 9.47 Å². The summed E-state index contributed by atoms with van der Waals surface area (Å²) in [6.07, 6.45) is 2.49. The van der Waals surface area contributed by atoms with E-state index in [1.54, 1.807) is 7.05 Å². The molecular formula is C15H27N5O3. The van der Waals surface area contributed by atoms with Crippen LogP contribution in [0.5, 0.6) is 0 Å². The first-order valence-electron chi connectivity index (χ1n) is 7.94. The molecule has 1 aromatic rings. The molecule has 0 bridgehead atoms. The second kappa shape index (κ2) is 8.40. The number of H-pyrrole nitrogens is 1. The first-order valence-corrected chi connectivity index (χ1v) is 7.94. The first-order chi connectivity index (χ1) is 10.8. The summed E-state index contributed by atoms with van der Waals surface area (Å²) in [6, 6.07) is 0.0602. The van der Waals surface area contributed by atoms with Gasteiger partial charge >= 0.3 is 5.69 Å². The van der Waals surface area contributed by atoms with Crippen LogP contribution in [0.15, 0.2) is 9.59 Å². The highest BCUT2D eigenvalue weighted by Gasteiger charge is 2.18. The number of nitrogens with one attached hydrogen (secondary N) is 2. The van der Waals surface area contributed by atoms with Crippen LogP contribution >= 0.6 is 0 Å². The Hall–Kier alpha value is -2.25. The number of aromatic amines is 1. The summed E-state index contributed by atoms with van der Waals surface area (Å²) < 4.78 is 1.34. The fraction of sp³-hybridized carbons (Fsp3) is 0.667. The van der Waals surface area contributed by atoms with Crippen molar-refractivity contribution >= 4 is 17.4 Å². The summed E-state index contributed by atoms with van der Waals surface area (Å²) in [4.78, 5) is 39.6. The number of amides is 1. The molecule has 1 unspecified atom stereocenters. The van der Waals surface area contributed by atoms with Gasteiger partial charge in [-0.2, -0.15) is 0 Å². The summed E-state index contributed by atoms with van der Waals surface area (Å²) in [7, 11) is 1.60. The molecule has 4 N–H and O–H groups in total. The summed E-state index contributed by atoms with van der Waals surface area (Å²) in [5.41, 5.74) is 5.03. The summed E-state index contributed by atoms with van der Waals surface area (Å²) in [6.45, 7) is 6.30. The van der Waals surface area contributed by atoms with Crippen molar-refractivity contribution in [3.8, 4) is 0 Å². The van der Waals surface area contributed by atoms with Crippen molar-refractivity contribution in [3.63, 3.8) is 0 Å². The van der Waals surface area contributed by atoms with Gasteiger partial charge in [-0.3, -0.25) is 19.1 Å². The van der Waals surface area contributed by atoms with Crippen molar-refractivity contribution in [1.29, 1.82) is 0 Å². The molecule has 130 valence electrons. The molecule has 1 rings (SSSR count). The van der Waals surface area contributed by atoms with Crippen LogP contribution in [-0.4, -0.2) is 35.1 Å². The van der Waals surface area contributed by atoms with Crippen LogP contribution in [0.4, 0.5) is 11.5 Å². The molecule has 0 radical (unpaired) electrons. The Balaban J connectivity index is 3.04. The number of aromatic nitrogens is 2. The molecule has 0 saturated carbocycles. The van der Waals surface area contributed by atoms with Crippen LogP contribution in [0.3, 0.4) is 0 Å². The molecule has 8 heteroatoms. The van der Waals surface area contributed by atoms with Gasteiger partial charge in [0.05, 0.1) is 6.54 Å². The van der Waals surface area contributed by atoms with E-state index in [4.69, 9.17) is 5.73 Å². The van der Waals surface area contributed by atoms with Gasteiger partial charge < -0.3 is 16.0 Å². The number of hydrogen-bond acceptors (Lipinski definition) is 5. The lowest BCUT2D eigenvalue weighted by Gasteiger charge is -2.22. The highest BCUT2D eigenvalue weighted by atomic mass is 16.2. The average molecular weight is 325 g/mol. The van der Waals surface area contributed by atoms with Crippen molar-refractivity contribution in [3.05, 3.63) is 20.8 Å². The van der Waals surface area contributed by atoms with Gasteiger partial charge in [0.15, 0.2) is 0 Å². The third-order valence-corrected chi connectivity index (χ3v) is 3.73. The van der Waals surface area contributed by atoms with E-state index < -0.39 is 11.2 Å². The van der Waals surface area contributed by atoms with E-state index in [1.807, 2.05) is 20.8 Å². The number of unbranched alkanes of at least 4 members (excludes halogenated alkanes) is 1. The van der Waals surface area contributed by atoms with Crippen molar-refractivity contribution in [2.24, 2.45) is 0 Å². The van der Waals surface area contributed by atoms with Crippen molar-refractivity contribution < 1.29 is 4.79 Å². The van der Waals surface area contributed by atoms with Crippen LogP contribution in [-0.2, 0) is 11.3 Å². The average Bonchev–Trinajstić information content (AvgIpc) is 2.46. The Morgan fingerprint density at radius 2 is 2.04 bits per heavy atom. The minimum absolute atomic E-state index is 0.0103. The van der Waals surface area contributed by atoms with Gasteiger partial charge in [0.2, 0.25) is 5.91 Å². The van der Waals surface area contributed by atoms with Gasteiger partial charge in [0, 0.05) is 19.6 Å². The Morgan fingerprint density at radius 1 is 1.39 bits per heavy atom. The summed E-state index contributed by atoms with van der Waals surface area (Å²) in [5.74, 6) is -0.113. The largest absolute Gasteiger partial charge is 0.383 e. The molecule has 0 aliphatic rings. The fourth-order valence-electron chi connectivity index (χ4n) is 2.20. The topological polar surface area (TPSA) is 113 Å². The zero-order valence-electron chi connectivity index (χ0n) is 14.3. The van der Waals surface area contributed by atoms with E-state index in [0.717, 1.165) is 19.3 Å². The van der Waals surface area contributed by atoms with Gasteiger partial charge in [0.25, 0.3) is 5.56 Å². The highest BCUT2D eigenvalue weighted by Crippen LogP contribution is 2.15. The number of nitrogens with zero attached hydrogens (tertiary/aromatic N) is 2. The molecule has 0 fully saturated rings. The van der Waals surface area contributed by atoms with Gasteiger partial charge in [-0.25, -0.2) is 4.79 Å². The standard InChI is InChI=1S/C15H27N5O3/c1-5-7-8-20-13(16)12(14(22)18-15(20)23)19(4)9-11(21)17-10(3)6-2/h10H,5-9,16H2,1-4H3,(H,17,21)(H,18,22,23). The number of anilines is 2. The predicted octanol–water partition coefficient (Wildman–Crippen LogP) is 0.270. The minimum Gasteiger partial charge on any atom is -0.383 e. The van der Waals surface area contributed by atoms with Crippen LogP contribution in [0.2, 0.25) is 0 Å². The Kier molecular flexibility index (Phi) is 6.87. The third kappa shape index (κ3) is 4.87. The molecule has 0 aliphatic heterocycles. The minimum atomic E-state index is -0.584. The number of carbonyl (C=O) groups excluding carboxylic acids is 1. The molecule has 8 nitrogen and oxygen atoms in total. The number of rotatable bonds is 8. The van der Waals surface area contributed by atoms with E-state index in [2.05, 4.69) is 10.3 Å². The number of carbonyl (C=O) groups is 1. The van der Waals surface area contributed by atoms with Crippen molar-refractivity contribution in [2.45, 2.75) is 52.6 Å². The van der Waals surface area contributed by atoms with Gasteiger partial charge in [-0.1, -0.05) is 20.3 Å². The summed E-state index contributed by atoms with van der Waals surface area (Å²) in [5, 5.41) is 2.83. The van der Waals surface area contributed by atoms with E-state index in [-0.39, 0.29) is 30.0 Å². The number of likely N-dealkylation sites (N-methyl/N-ethyl adjacent to an activating group) is 1. The molecular weight excluding hydrogens is 298 g/mol. The Bertz CT molecular complexity index is 649. The summed E-state index contributed by atoms with van der Waals surface area (Å²) >= 11 is 0. The molecule has 0 aromatic carbocycles. The number of nitrogens with two attached hydrogens (primary N) is 1. The van der Waals surface area contributed by atoms with E-state index >= 15 is 0 Å². The molecule has 0 spiro atoms.